The van der Waals surface area contributed by atoms with Crippen molar-refractivity contribution in [1.82, 2.24) is 24.8 Å². The van der Waals surface area contributed by atoms with Gasteiger partial charge in [-0.2, -0.15) is 0 Å². The number of aromatic nitrogens is 3. The minimum atomic E-state index is 0.0312. The van der Waals surface area contributed by atoms with Gasteiger partial charge in [-0.15, -0.1) is 16.4 Å². The van der Waals surface area contributed by atoms with Crippen LogP contribution in [0, 0.1) is 11.3 Å². The van der Waals surface area contributed by atoms with Gasteiger partial charge in [0.2, 0.25) is 5.91 Å². The fourth-order valence-electron chi connectivity index (χ4n) is 5.22. The van der Waals surface area contributed by atoms with Crippen molar-refractivity contribution in [2.24, 2.45) is 11.3 Å². The van der Waals surface area contributed by atoms with Crippen LogP contribution >= 0.6 is 11.3 Å². The molecule has 1 fully saturated rings. The molecule has 34 heavy (non-hydrogen) atoms. The van der Waals surface area contributed by atoms with Crippen molar-refractivity contribution in [3.05, 3.63) is 33.3 Å². The average molecular weight is 486 g/mol. The molecule has 7 nitrogen and oxygen atoms in total. The van der Waals surface area contributed by atoms with Gasteiger partial charge in [0.25, 0.3) is 5.91 Å². The molecule has 3 heterocycles. The van der Waals surface area contributed by atoms with E-state index >= 15 is 0 Å². The fourth-order valence-corrected chi connectivity index (χ4v) is 6.63. The quantitative estimate of drug-likeness (QED) is 0.488. The number of amides is 2. The molecule has 8 heteroatoms. The van der Waals surface area contributed by atoms with E-state index < -0.39 is 0 Å². The summed E-state index contributed by atoms with van der Waals surface area (Å²) in [4.78, 5) is 30.4. The molecule has 1 aliphatic carbocycles. The number of fused-ring (bicyclic) bond motifs is 1. The Hall–Kier alpha value is -2.22. The molecular formula is C26H39N5O2S. The van der Waals surface area contributed by atoms with Crippen LogP contribution in [0.4, 0.5) is 0 Å². The molecule has 1 aliphatic heterocycles. The fraction of sp³-hybridized carbons (Fsp3) is 0.692. The van der Waals surface area contributed by atoms with Crippen LogP contribution in [0.15, 0.2) is 12.3 Å². The Kier molecular flexibility index (Phi) is 7.75. The molecule has 0 spiro atoms. The molecule has 1 saturated heterocycles. The number of nitrogens with zero attached hydrogens (tertiary/aromatic N) is 5. The Balaban J connectivity index is 1.11. The van der Waals surface area contributed by atoms with Crippen molar-refractivity contribution >= 4 is 23.2 Å². The first-order valence-electron chi connectivity index (χ1n) is 12.7. The number of carbonyl (C=O) groups excluding carboxylic acids is 2. The lowest BCUT2D eigenvalue weighted by molar-refractivity contribution is -0.128. The molecule has 0 bridgehead atoms. The van der Waals surface area contributed by atoms with Crippen LogP contribution in [-0.2, 0) is 30.7 Å². The van der Waals surface area contributed by atoms with Crippen molar-refractivity contribution < 1.29 is 9.59 Å². The molecule has 2 aromatic heterocycles. The predicted molar refractivity (Wildman–Crippen MR) is 135 cm³/mol. The molecule has 0 N–H and O–H groups in total. The molecule has 0 saturated carbocycles. The van der Waals surface area contributed by atoms with Gasteiger partial charge in [0.15, 0.2) is 0 Å². The molecule has 0 atom stereocenters. The van der Waals surface area contributed by atoms with Gasteiger partial charge in [0.05, 0.1) is 17.6 Å². The molecule has 0 aromatic carbocycles. The van der Waals surface area contributed by atoms with Crippen LogP contribution in [0.5, 0.6) is 0 Å². The van der Waals surface area contributed by atoms with Crippen LogP contribution in [0.2, 0.25) is 0 Å². The summed E-state index contributed by atoms with van der Waals surface area (Å²) < 4.78 is 1.88. The molecule has 0 radical (unpaired) electrons. The van der Waals surface area contributed by atoms with Gasteiger partial charge in [-0.3, -0.25) is 14.3 Å². The number of rotatable bonds is 9. The van der Waals surface area contributed by atoms with Crippen molar-refractivity contribution in [2.45, 2.75) is 85.2 Å². The maximum atomic E-state index is 13.0. The summed E-state index contributed by atoms with van der Waals surface area (Å²) in [5.74, 6) is 1.01. The number of unbranched alkanes of at least 4 members (excludes halogenated alkanes) is 2. The molecule has 2 amide bonds. The first-order chi connectivity index (χ1) is 16.2. The van der Waals surface area contributed by atoms with Gasteiger partial charge in [-0.25, -0.2) is 0 Å². The number of piperidine rings is 1. The standard InChI is InChI=1S/C26H39N5O2S/c1-19(32)29(4)17-22-18-31(28-27-22)11-7-5-6-8-20-9-12-30(13-10-20)25(33)23-14-21-15-26(2,3)16-24(21)34-23/h14,18,20H,5-13,15-17H2,1-4H3. The highest BCUT2D eigenvalue weighted by molar-refractivity contribution is 7.14. The van der Waals surface area contributed by atoms with E-state index in [2.05, 4.69) is 35.1 Å². The van der Waals surface area contributed by atoms with Crippen molar-refractivity contribution in [3.8, 4) is 0 Å². The maximum absolute atomic E-state index is 13.0. The summed E-state index contributed by atoms with van der Waals surface area (Å²) in [6.45, 7) is 9.35. The number of likely N-dealkylation sites (tertiary alicyclic amines) is 1. The second-order valence-corrected chi connectivity index (χ2v) is 12.1. The summed E-state index contributed by atoms with van der Waals surface area (Å²) in [6.07, 6.45) is 11.1. The Morgan fingerprint density at radius 2 is 1.94 bits per heavy atom. The van der Waals surface area contributed by atoms with E-state index in [1.807, 2.05) is 10.9 Å². The third-order valence-corrected chi connectivity index (χ3v) is 8.51. The first-order valence-corrected chi connectivity index (χ1v) is 13.5. The lowest BCUT2D eigenvalue weighted by atomic mass is 9.90. The van der Waals surface area contributed by atoms with E-state index in [-0.39, 0.29) is 11.8 Å². The summed E-state index contributed by atoms with van der Waals surface area (Å²) in [5.41, 5.74) is 2.58. The van der Waals surface area contributed by atoms with Crippen LogP contribution in [0.25, 0.3) is 0 Å². The SMILES string of the molecule is CC(=O)N(C)Cc1cn(CCCCCC2CCN(C(=O)c3cc4c(s3)CC(C)(C)C4)CC2)nn1. The van der Waals surface area contributed by atoms with E-state index in [9.17, 15) is 9.59 Å². The molecule has 0 unspecified atom stereocenters. The van der Waals surface area contributed by atoms with E-state index in [0.29, 0.717) is 12.0 Å². The van der Waals surface area contributed by atoms with E-state index in [4.69, 9.17) is 0 Å². The number of hydrogen-bond acceptors (Lipinski definition) is 5. The van der Waals surface area contributed by atoms with Crippen LogP contribution in [0.3, 0.4) is 0 Å². The first kappa shape index (κ1) is 24.9. The summed E-state index contributed by atoms with van der Waals surface area (Å²) >= 11 is 1.73. The van der Waals surface area contributed by atoms with E-state index in [1.54, 1.807) is 30.2 Å². The third-order valence-electron chi connectivity index (χ3n) is 7.34. The van der Waals surface area contributed by atoms with Gasteiger partial charge in [-0.1, -0.05) is 38.3 Å². The number of aryl methyl sites for hydroxylation is 1. The second kappa shape index (κ2) is 10.6. The summed E-state index contributed by atoms with van der Waals surface area (Å²) in [5, 5.41) is 8.34. The van der Waals surface area contributed by atoms with Crippen molar-refractivity contribution in [2.75, 3.05) is 20.1 Å². The average Bonchev–Trinajstić information content (AvgIpc) is 3.46. The van der Waals surface area contributed by atoms with Gasteiger partial charge in [0.1, 0.15) is 5.69 Å². The lowest BCUT2D eigenvalue weighted by Gasteiger charge is -2.32. The largest absolute Gasteiger partial charge is 0.340 e. The smallest absolute Gasteiger partial charge is 0.263 e. The number of thiophene rings is 1. The topological polar surface area (TPSA) is 71.3 Å². The van der Waals surface area contributed by atoms with Gasteiger partial charge >= 0.3 is 0 Å². The van der Waals surface area contributed by atoms with E-state index in [0.717, 1.165) is 68.2 Å². The normalized spacial score (nSPS) is 17.7. The van der Waals surface area contributed by atoms with Crippen LogP contribution in [-0.4, -0.2) is 56.7 Å². The number of carbonyl (C=O) groups is 2. The molecule has 2 aromatic rings. The molecule has 4 rings (SSSR count). The second-order valence-electron chi connectivity index (χ2n) is 11.0. The van der Waals surface area contributed by atoms with E-state index in [1.165, 1.54) is 29.7 Å². The van der Waals surface area contributed by atoms with Crippen molar-refractivity contribution in [1.29, 1.82) is 0 Å². The maximum Gasteiger partial charge on any atom is 0.263 e. The highest BCUT2D eigenvalue weighted by Crippen LogP contribution is 2.41. The summed E-state index contributed by atoms with van der Waals surface area (Å²) in [6, 6.07) is 2.17. The third kappa shape index (κ3) is 6.26. The monoisotopic (exact) mass is 485 g/mol. The predicted octanol–water partition coefficient (Wildman–Crippen LogP) is 4.56. The Labute approximate surface area is 207 Å². The number of hydrogen-bond donors (Lipinski definition) is 0. The minimum Gasteiger partial charge on any atom is -0.340 e. The Morgan fingerprint density at radius 1 is 1.18 bits per heavy atom. The van der Waals surface area contributed by atoms with Crippen LogP contribution < -0.4 is 0 Å². The van der Waals surface area contributed by atoms with Crippen LogP contribution in [0.1, 0.15) is 85.1 Å². The summed E-state index contributed by atoms with van der Waals surface area (Å²) in [7, 11) is 1.77. The zero-order valence-electron chi connectivity index (χ0n) is 21.2. The lowest BCUT2D eigenvalue weighted by Crippen LogP contribution is -2.38. The highest BCUT2D eigenvalue weighted by Gasteiger charge is 2.32. The van der Waals surface area contributed by atoms with Crippen molar-refractivity contribution in [3.63, 3.8) is 0 Å². The Bertz CT molecular complexity index is 977. The highest BCUT2D eigenvalue weighted by atomic mass is 32.1. The Morgan fingerprint density at radius 3 is 2.65 bits per heavy atom. The molecule has 186 valence electrons. The minimum absolute atomic E-state index is 0.0312. The molecular weight excluding hydrogens is 446 g/mol. The zero-order chi connectivity index (χ0) is 24.3. The molecule has 2 aliphatic rings. The zero-order valence-corrected chi connectivity index (χ0v) is 22.0. The van der Waals surface area contributed by atoms with Gasteiger partial charge < -0.3 is 9.80 Å². The van der Waals surface area contributed by atoms with Gasteiger partial charge in [0, 0.05) is 38.5 Å². The van der Waals surface area contributed by atoms with Gasteiger partial charge in [-0.05, 0) is 55.1 Å².